The van der Waals surface area contributed by atoms with E-state index in [0.717, 1.165) is 35.0 Å². The molecule has 2 aromatic carbocycles. The van der Waals surface area contributed by atoms with Gasteiger partial charge in [0.15, 0.2) is 11.5 Å². The number of aromatic nitrogens is 3. The highest BCUT2D eigenvalue weighted by Crippen LogP contribution is 2.28. The lowest BCUT2D eigenvalue weighted by Crippen LogP contribution is -2.14. The van der Waals surface area contributed by atoms with Crippen LogP contribution < -0.4 is 4.72 Å². The third-order valence-corrected chi connectivity index (χ3v) is 5.82. The molecule has 0 aliphatic rings. The zero-order valence-corrected chi connectivity index (χ0v) is 16.3. The highest BCUT2D eigenvalue weighted by Gasteiger charge is 2.20. The van der Waals surface area contributed by atoms with Crippen LogP contribution in [0.2, 0.25) is 0 Å². The second-order valence-electron chi connectivity index (χ2n) is 6.69. The summed E-state index contributed by atoms with van der Waals surface area (Å²) in [6.07, 6.45) is 0.828. The van der Waals surface area contributed by atoms with Crippen molar-refractivity contribution in [2.75, 3.05) is 4.72 Å². The number of nitrogens with one attached hydrogen (secondary N) is 1. The molecule has 0 radical (unpaired) electrons. The minimum absolute atomic E-state index is 0.0308. The molecule has 28 heavy (non-hydrogen) atoms. The van der Waals surface area contributed by atoms with Gasteiger partial charge in [-0.1, -0.05) is 18.6 Å². The number of nitrogens with zero attached hydrogens (tertiary/aromatic N) is 3. The van der Waals surface area contributed by atoms with Crippen LogP contribution in [0.1, 0.15) is 18.9 Å². The van der Waals surface area contributed by atoms with Gasteiger partial charge in [-0.2, -0.15) is 5.10 Å². The van der Waals surface area contributed by atoms with Crippen LogP contribution in [0.4, 0.5) is 10.2 Å². The van der Waals surface area contributed by atoms with Crippen molar-refractivity contribution in [1.82, 2.24) is 14.8 Å². The molecule has 6 nitrogen and oxygen atoms in total. The highest BCUT2D eigenvalue weighted by atomic mass is 32.2. The van der Waals surface area contributed by atoms with E-state index in [0.29, 0.717) is 17.6 Å². The Morgan fingerprint density at radius 2 is 1.86 bits per heavy atom. The number of benzene rings is 2. The molecule has 0 atom stereocenters. The van der Waals surface area contributed by atoms with Gasteiger partial charge in [0, 0.05) is 11.9 Å². The molecule has 0 unspecified atom stereocenters. The highest BCUT2D eigenvalue weighted by molar-refractivity contribution is 7.92. The van der Waals surface area contributed by atoms with Gasteiger partial charge in [0.25, 0.3) is 10.0 Å². The van der Waals surface area contributed by atoms with E-state index in [1.165, 1.54) is 12.1 Å². The lowest BCUT2D eigenvalue weighted by Gasteiger charge is -2.06. The lowest BCUT2D eigenvalue weighted by molar-refractivity contribution is 0.598. The van der Waals surface area contributed by atoms with Gasteiger partial charge in [-0.15, -0.1) is 0 Å². The Kier molecular flexibility index (Phi) is 4.50. The Hall–Kier alpha value is -3.00. The lowest BCUT2D eigenvalue weighted by atomic mass is 10.1. The van der Waals surface area contributed by atoms with Crippen molar-refractivity contribution in [3.8, 4) is 0 Å². The summed E-state index contributed by atoms with van der Waals surface area (Å²) >= 11 is 0. The number of pyridine rings is 1. The molecule has 0 aliphatic carbocycles. The van der Waals surface area contributed by atoms with Gasteiger partial charge in [-0.3, -0.25) is 4.72 Å². The Morgan fingerprint density at radius 3 is 2.57 bits per heavy atom. The first kappa shape index (κ1) is 18.4. The van der Waals surface area contributed by atoms with Crippen LogP contribution in [0.15, 0.2) is 53.4 Å². The van der Waals surface area contributed by atoms with Crippen molar-refractivity contribution in [3.05, 3.63) is 59.9 Å². The minimum atomic E-state index is -3.90. The first-order valence-corrected chi connectivity index (χ1v) is 10.4. The van der Waals surface area contributed by atoms with Crippen LogP contribution in [-0.4, -0.2) is 23.2 Å². The topological polar surface area (TPSA) is 76.9 Å². The smallest absolute Gasteiger partial charge is 0.261 e. The number of hydrogen-bond donors (Lipinski definition) is 1. The number of rotatable bonds is 5. The predicted molar refractivity (Wildman–Crippen MR) is 107 cm³/mol. The number of halogens is 1. The van der Waals surface area contributed by atoms with Crippen LogP contribution >= 0.6 is 0 Å². The van der Waals surface area contributed by atoms with Gasteiger partial charge in [0.05, 0.1) is 15.8 Å². The summed E-state index contributed by atoms with van der Waals surface area (Å²) in [5.74, 6) is -0.286. The normalized spacial score (nSPS) is 12.0. The van der Waals surface area contributed by atoms with E-state index in [4.69, 9.17) is 0 Å². The maximum atomic E-state index is 13.1. The molecule has 2 heterocycles. The second-order valence-corrected chi connectivity index (χ2v) is 8.37. The predicted octanol–water partition coefficient (Wildman–Crippen LogP) is 4.24. The van der Waals surface area contributed by atoms with E-state index >= 15 is 0 Å². The summed E-state index contributed by atoms with van der Waals surface area (Å²) in [6, 6.07) is 12.5. The Bertz CT molecular complexity index is 1280. The van der Waals surface area contributed by atoms with E-state index in [-0.39, 0.29) is 10.7 Å². The largest absolute Gasteiger partial charge is 0.263 e. The van der Waals surface area contributed by atoms with Crippen LogP contribution in [0, 0.1) is 12.7 Å². The fourth-order valence-electron chi connectivity index (χ4n) is 3.12. The van der Waals surface area contributed by atoms with Gasteiger partial charge in [0.1, 0.15) is 5.82 Å². The van der Waals surface area contributed by atoms with Crippen molar-refractivity contribution in [1.29, 1.82) is 0 Å². The molecule has 4 rings (SSSR count). The Labute approximate surface area is 162 Å². The van der Waals surface area contributed by atoms with E-state index in [1.807, 2.05) is 38.1 Å². The number of sulfonamides is 1. The summed E-state index contributed by atoms with van der Waals surface area (Å²) in [5, 5.41) is 5.97. The van der Waals surface area contributed by atoms with Crippen LogP contribution in [0.25, 0.3) is 21.9 Å². The van der Waals surface area contributed by atoms with E-state index in [1.54, 1.807) is 4.68 Å². The van der Waals surface area contributed by atoms with Crippen LogP contribution in [0.5, 0.6) is 0 Å². The number of fused-ring (bicyclic) bond motifs is 2. The van der Waals surface area contributed by atoms with Gasteiger partial charge < -0.3 is 0 Å². The number of anilines is 1. The summed E-state index contributed by atoms with van der Waals surface area (Å²) in [7, 11) is -3.90. The molecular weight excluding hydrogens is 379 g/mol. The van der Waals surface area contributed by atoms with Gasteiger partial charge in [0.2, 0.25) is 0 Å². The standard InChI is InChI=1S/C20H19FN4O2S/c1-3-10-25-20-17(12-14-11-13(2)4-9-18(14)22-20)19(23-25)24-28(26,27)16-7-5-15(21)6-8-16/h4-9,11-12H,3,10H2,1-2H3,(H,23,24). The van der Waals surface area contributed by atoms with E-state index in [9.17, 15) is 12.8 Å². The fourth-order valence-corrected chi connectivity index (χ4v) is 4.14. The van der Waals surface area contributed by atoms with Gasteiger partial charge in [-0.05, 0) is 55.8 Å². The molecule has 2 aromatic heterocycles. The first-order chi connectivity index (χ1) is 13.4. The third kappa shape index (κ3) is 3.31. The Morgan fingerprint density at radius 1 is 1.11 bits per heavy atom. The molecule has 144 valence electrons. The average Bonchev–Trinajstić information content (AvgIpc) is 2.96. The van der Waals surface area contributed by atoms with Crippen molar-refractivity contribution in [2.24, 2.45) is 0 Å². The van der Waals surface area contributed by atoms with Crippen molar-refractivity contribution in [2.45, 2.75) is 31.7 Å². The van der Waals surface area contributed by atoms with Crippen molar-refractivity contribution in [3.63, 3.8) is 0 Å². The summed E-state index contributed by atoms with van der Waals surface area (Å²) in [5.41, 5.74) is 2.53. The van der Waals surface area contributed by atoms with Crippen LogP contribution in [0.3, 0.4) is 0 Å². The van der Waals surface area contributed by atoms with Gasteiger partial charge in [-0.25, -0.2) is 22.5 Å². The molecule has 0 bridgehead atoms. The SMILES string of the molecule is CCCn1nc(NS(=O)(=O)c2ccc(F)cc2)c2cc3cc(C)ccc3nc21. The first-order valence-electron chi connectivity index (χ1n) is 8.94. The summed E-state index contributed by atoms with van der Waals surface area (Å²) in [6.45, 7) is 4.61. The molecule has 0 aliphatic heterocycles. The monoisotopic (exact) mass is 398 g/mol. The fraction of sp³-hybridized carbons (Fsp3) is 0.200. The second kappa shape index (κ2) is 6.87. The Balaban J connectivity index is 1.86. The van der Waals surface area contributed by atoms with Crippen LogP contribution in [-0.2, 0) is 16.6 Å². The molecule has 4 aromatic rings. The van der Waals surface area contributed by atoms with Gasteiger partial charge >= 0.3 is 0 Å². The molecule has 0 amide bonds. The summed E-state index contributed by atoms with van der Waals surface area (Å²) in [4.78, 5) is 4.66. The quantitative estimate of drug-likeness (QED) is 0.545. The zero-order valence-electron chi connectivity index (χ0n) is 15.5. The van der Waals surface area contributed by atoms with Crippen molar-refractivity contribution >= 4 is 37.8 Å². The third-order valence-electron chi connectivity index (χ3n) is 4.46. The molecule has 0 saturated heterocycles. The van der Waals surface area contributed by atoms with E-state index < -0.39 is 15.8 Å². The summed E-state index contributed by atoms with van der Waals surface area (Å²) < 4.78 is 42.9. The minimum Gasteiger partial charge on any atom is -0.261 e. The molecule has 1 N–H and O–H groups in total. The molecule has 0 spiro atoms. The van der Waals surface area contributed by atoms with E-state index in [2.05, 4.69) is 14.8 Å². The number of hydrogen-bond acceptors (Lipinski definition) is 4. The average molecular weight is 398 g/mol. The zero-order chi connectivity index (χ0) is 19.9. The molecule has 8 heteroatoms. The molecule has 0 saturated carbocycles. The maximum absolute atomic E-state index is 13.1. The van der Waals surface area contributed by atoms with Crippen molar-refractivity contribution < 1.29 is 12.8 Å². The maximum Gasteiger partial charge on any atom is 0.263 e. The molecular formula is C20H19FN4O2S. The molecule has 0 fully saturated rings. The number of aryl methyl sites for hydroxylation is 2.